The number of sulfonamides is 1. The van der Waals surface area contributed by atoms with Crippen molar-refractivity contribution in [2.24, 2.45) is 8.73 Å². The number of benzene rings is 1. The molecular formula is C15H16N4O2S3. The molecule has 2 aromatic rings. The molecule has 0 radical (unpaired) electrons. The summed E-state index contributed by atoms with van der Waals surface area (Å²) < 4.78 is 37.4. The van der Waals surface area contributed by atoms with E-state index in [9.17, 15) is 8.42 Å². The minimum atomic E-state index is -3.72. The Hall–Kier alpha value is -1.42. The van der Waals surface area contributed by atoms with E-state index < -0.39 is 15.6 Å². The fourth-order valence-corrected chi connectivity index (χ4v) is 6.49. The lowest BCUT2D eigenvalue weighted by Gasteiger charge is -2.28. The van der Waals surface area contributed by atoms with Crippen molar-refractivity contribution in [1.82, 2.24) is 9.71 Å². The molecule has 1 aliphatic carbocycles. The van der Waals surface area contributed by atoms with Crippen molar-refractivity contribution in [3.05, 3.63) is 34.3 Å². The standard InChI is InChI=1S/C15H16N4O2S3/c1-10-9-22-14(16-10)15(7-2-3-8-15)19-24(20,21)12-6-4-5-11-13(12)18-23-17-11/h4-6,9,19H,2-3,7-8H2,1H3. The molecule has 2 heterocycles. The maximum absolute atomic E-state index is 13.1. The van der Waals surface area contributed by atoms with Gasteiger partial charge in [-0.3, -0.25) is 0 Å². The Morgan fingerprint density at radius 1 is 1.21 bits per heavy atom. The van der Waals surface area contributed by atoms with Crippen LogP contribution in [0.3, 0.4) is 0 Å². The van der Waals surface area contributed by atoms with E-state index in [0.717, 1.165) is 47.7 Å². The fraction of sp³-hybridized carbons (Fsp3) is 0.400. The lowest BCUT2D eigenvalue weighted by Crippen LogP contribution is -2.43. The number of aromatic nitrogens is 1. The van der Waals surface area contributed by atoms with Crippen LogP contribution < -0.4 is 4.72 Å². The molecule has 24 heavy (non-hydrogen) atoms. The van der Waals surface area contributed by atoms with Gasteiger partial charge >= 0.3 is 0 Å². The number of thiazole rings is 1. The van der Waals surface area contributed by atoms with Gasteiger partial charge in [-0.15, -0.1) is 11.3 Å². The lowest BCUT2D eigenvalue weighted by atomic mass is 10.0. The Morgan fingerprint density at radius 3 is 2.71 bits per heavy atom. The quantitative estimate of drug-likeness (QED) is 0.744. The molecule has 1 aromatic heterocycles. The van der Waals surface area contributed by atoms with Crippen molar-refractivity contribution in [1.29, 1.82) is 0 Å². The summed E-state index contributed by atoms with van der Waals surface area (Å²) in [4.78, 5) is 4.75. The summed E-state index contributed by atoms with van der Waals surface area (Å²) in [6, 6.07) is 5.06. The third-order valence-corrected chi connectivity index (χ3v) is 7.63. The van der Waals surface area contributed by atoms with Gasteiger partial charge in [-0.05, 0) is 31.9 Å². The van der Waals surface area contributed by atoms with Gasteiger partial charge < -0.3 is 0 Å². The first kappa shape index (κ1) is 16.1. The number of fused-ring (bicyclic) bond motifs is 1. The summed E-state index contributed by atoms with van der Waals surface area (Å²) >= 11 is 2.55. The zero-order valence-electron chi connectivity index (χ0n) is 13.0. The molecule has 1 fully saturated rings. The average molecular weight is 381 g/mol. The van der Waals surface area contributed by atoms with Crippen LogP contribution in [0, 0.1) is 6.92 Å². The van der Waals surface area contributed by atoms with Crippen molar-refractivity contribution in [3.63, 3.8) is 0 Å². The van der Waals surface area contributed by atoms with Crippen LogP contribution >= 0.6 is 11.3 Å². The first-order valence-electron chi connectivity index (χ1n) is 7.68. The summed E-state index contributed by atoms with van der Waals surface area (Å²) in [6.45, 7) is 1.93. The van der Waals surface area contributed by atoms with Crippen LogP contribution in [0.25, 0.3) is 0 Å². The van der Waals surface area contributed by atoms with Crippen LogP contribution in [0.1, 0.15) is 36.4 Å². The molecule has 0 bridgehead atoms. The predicted octanol–water partition coefficient (Wildman–Crippen LogP) is 3.93. The van der Waals surface area contributed by atoms with Gasteiger partial charge in [0.15, 0.2) is 0 Å². The van der Waals surface area contributed by atoms with E-state index in [1.54, 1.807) is 18.2 Å². The van der Waals surface area contributed by atoms with Crippen molar-refractivity contribution in [2.45, 2.75) is 43.0 Å². The zero-order valence-corrected chi connectivity index (χ0v) is 15.5. The van der Waals surface area contributed by atoms with Crippen molar-refractivity contribution in [2.75, 3.05) is 0 Å². The highest BCUT2D eigenvalue weighted by atomic mass is 32.2. The number of rotatable bonds is 4. The van der Waals surface area contributed by atoms with Crippen LogP contribution in [0.4, 0.5) is 11.4 Å². The summed E-state index contributed by atoms with van der Waals surface area (Å²) in [5.41, 5.74) is 1.35. The van der Waals surface area contributed by atoms with E-state index in [2.05, 4.69) is 18.4 Å². The minimum absolute atomic E-state index is 0.188. The number of nitrogens with zero attached hydrogens (tertiary/aromatic N) is 3. The number of nitrogens with one attached hydrogen (secondary N) is 1. The Bertz CT molecular complexity index is 968. The highest BCUT2D eigenvalue weighted by Gasteiger charge is 2.42. The first-order chi connectivity index (χ1) is 11.5. The molecule has 6 nitrogen and oxygen atoms in total. The molecule has 9 heteroatoms. The van der Waals surface area contributed by atoms with E-state index in [4.69, 9.17) is 0 Å². The van der Waals surface area contributed by atoms with Gasteiger partial charge in [0.05, 0.1) is 16.9 Å². The Morgan fingerprint density at radius 2 is 2.00 bits per heavy atom. The van der Waals surface area contributed by atoms with Gasteiger partial charge in [0.2, 0.25) is 10.0 Å². The lowest BCUT2D eigenvalue weighted by molar-refractivity contribution is 0.402. The van der Waals surface area contributed by atoms with Crippen LogP contribution in [-0.2, 0) is 26.9 Å². The SMILES string of the molecule is Cc1csc(C2(NS(=O)(=O)c3cccc4c3N=S=N4)CCCC2)n1. The topological polar surface area (TPSA) is 83.8 Å². The van der Waals surface area contributed by atoms with Crippen LogP contribution in [0.15, 0.2) is 37.2 Å². The largest absolute Gasteiger partial charge is 0.245 e. The second-order valence-electron chi connectivity index (χ2n) is 6.08. The molecule has 2 aliphatic rings. The van der Waals surface area contributed by atoms with Gasteiger partial charge in [0.1, 0.15) is 21.3 Å². The molecule has 4 rings (SSSR count). The average Bonchev–Trinajstić information content (AvgIpc) is 3.26. The normalized spacial score (nSPS) is 18.5. The second-order valence-corrected chi connectivity index (χ2v) is 9.11. The molecule has 1 aromatic carbocycles. The predicted molar refractivity (Wildman–Crippen MR) is 95.3 cm³/mol. The van der Waals surface area contributed by atoms with Gasteiger partial charge in [-0.25, -0.2) is 13.4 Å². The first-order valence-corrected chi connectivity index (χ1v) is 10.8. The fourth-order valence-electron chi connectivity index (χ4n) is 3.22. The molecule has 0 atom stereocenters. The Labute approximate surface area is 148 Å². The molecule has 0 amide bonds. The van der Waals surface area contributed by atoms with Crippen molar-refractivity contribution < 1.29 is 8.42 Å². The molecule has 1 N–H and O–H groups in total. The molecule has 0 unspecified atom stereocenters. The number of hydrogen-bond acceptors (Lipinski definition) is 6. The highest BCUT2D eigenvalue weighted by molar-refractivity contribution is 7.89. The van der Waals surface area contributed by atoms with E-state index in [1.165, 1.54) is 11.3 Å². The van der Waals surface area contributed by atoms with Gasteiger partial charge in [-0.2, -0.15) is 13.4 Å². The third kappa shape index (κ3) is 2.65. The molecule has 126 valence electrons. The molecule has 1 aliphatic heterocycles. The highest BCUT2D eigenvalue weighted by Crippen LogP contribution is 2.43. The Kier molecular flexibility index (Phi) is 3.91. The van der Waals surface area contributed by atoms with Gasteiger partial charge in [0, 0.05) is 11.1 Å². The van der Waals surface area contributed by atoms with Crippen LogP contribution in [0.2, 0.25) is 0 Å². The maximum Gasteiger partial charge on any atom is 0.243 e. The van der Waals surface area contributed by atoms with Crippen molar-refractivity contribution in [3.8, 4) is 0 Å². The molecule has 0 saturated heterocycles. The van der Waals surface area contributed by atoms with E-state index >= 15 is 0 Å². The zero-order chi connectivity index (χ0) is 16.8. The van der Waals surface area contributed by atoms with Crippen LogP contribution in [0.5, 0.6) is 0 Å². The van der Waals surface area contributed by atoms with Crippen molar-refractivity contribution >= 4 is 44.1 Å². The molecule has 1 saturated carbocycles. The van der Waals surface area contributed by atoms with Gasteiger partial charge in [-0.1, -0.05) is 18.9 Å². The summed E-state index contributed by atoms with van der Waals surface area (Å²) in [6.07, 6.45) is 3.52. The van der Waals surface area contributed by atoms with E-state index in [1.807, 2.05) is 12.3 Å². The summed E-state index contributed by atoms with van der Waals surface area (Å²) in [7, 11) is -3.72. The number of hydrogen-bond donors (Lipinski definition) is 1. The van der Waals surface area contributed by atoms with Crippen LogP contribution in [-0.4, -0.2) is 13.4 Å². The monoisotopic (exact) mass is 380 g/mol. The van der Waals surface area contributed by atoms with E-state index in [-0.39, 0.29) is 4.90 Å². The summed E-state index contributed by atoms with van der Waals surface area (Å²) in [5, 5.41) is 2.82. The Balaban J connectivity index is 1.75. The molecule has 0 spiro atoms. The number of aryl methyl sites for hydroxylation is 1. The summed E-state index contributed by atoms with van der Waals surface area (Å²) in [5.74, 6) is 0. The van der Waals surface area contributed by atoms with Gasteiger partial charge in [0.25, 0.3) is 0 Å². The third-order valence-electron chi connectivity index (χ3n) is 4.35. The van der Waals surface area contributed by atoms with E-state index in [0.29, 0.717) is 11.4 Å². The smallest absolute Gasteiger partial charge is 0.243 e. The second kappa shape index (κ2) is 5.83. The minimum Gasteiger partial charge on any atom is -0.245 e. The molecular weight excluding hydrogens is 364 g/mol. The maximum atomic E-state index is 13.1.